The Kier molecular flexibility index (Phi) is 11.7. The Morgan fingerprint density at radius 3 is 2.68 bits per heavy atom. The normalized spacial score (nSPS) is 33.4. The van der Waals surface area contributed by atoms with Gasteiger partial charge in [-0.25, -0.2) is 8.78 Å². The molecule has 212 valence electrons. The lowest BCUT2D eigenvalue weighted by Crippen LogP contribution is -2.65. The van der Waals surface area contributed by atoms with Gasteiger partial charge in [-0.2, -0.15) is 0 Å². The molecule has 1 amide bonds. The van der Waals surface area contributed by atoms with Crippen LogP contribution in [-0.4, -0.2) is 100 Å². The summed E-state index contributed by atoms with van der Waals surface area (Å²) in [6.07, 6.45) is 5.40. The van der Waals surface area contributed by atoms with Crippen molar-refractivity contribution in [2.45, 2.75) is 92.3 Å². The molecule has 12 heteroatoms. The molecule has 8 nitrogen and oxygen atoms in total. The molecular weight excluding hydrogens is 528 g/mol. The minimum absolute atomic E-state index is 0.321. The summed E-state index contributed by atoms with van der Waals surface area (Å²) in [5, 5.41) is 39.1. The average molecular weight is 568 g/mol. The van der Waals surface area contributed by atoms with Crippen LogP contribution in [0.5, 0.6) is 0 Å². The topological polar surface area (TPSA) is 123 Å². The molecule has 0 aromatic heterocycles. The zero-order valence-corrected chi connectivity index (χ0v) is 22.9. The van der Waals surface area contributed by atoms with Gasteiger partial charge < -0.3 is 36.0 Å². The van der Waals surface area contributed by atoms with Gasteiger partial charge in [0.15, 0.2) is 0 Å². The van der Waals surface area contributed by atoms with E-state index in [1.165, 1.54) is 11.8 Å². The van der Waals surface area contributed by atoms with E-state index in [0.29, 0.717) is 38.8 Å². The number of hydrogen-bond acceptors (Lipinski definition) is 8. The number of rotatable bonds is 11. The van der Waals surface area contributed by atoms with Gasteiger partial charge >= 0.3 is 0 Å². The van der Waals surface area contributed by atoms with Crippen molar-refractivity contribution in [3.05, 3.63) is 23.8 Å². The molecule has 1 aliphatic carbocycles. The molecule has 0 aromatic carbocycles. The standard InChI is InChI=1S/C25H40ClF2N3O5S/c1-14(26)18(22-20(33)19(32)21(34)24(36-22)37-2)31-23(35)17-9-8-15(10-12-30-17)5-4-11-29-13-25(27,28)16-6-3-7-16/h4-5,8,14,16-22,24,29-30,32-34H,3,6-7,9-13H2,1-2H3,(H,31,35)/b5-4+/t14?,17-,18?,19-,20+,21+,22+,24+/m0/s1. The summed E-state index contributed by atoms with van der Waals surface area (Å²) in [5.74, 6) is -3.49. The van der Waals surface area contributed by atoms with Crippen molar-refractivity contribution >= 4 is 29.3 Å². The highest BCUT2D eigenvalue weighted by molar-refractivity contribution is 7.99. The van der Waals surface area contributed by atoms with Crippen molar-refractivity contribution in [2.75, 3.05) is 25.9 Å². The van der Waals surface area contributed by atoms with Crippen molar-refractivity contribution < 1.29 is 33.6 Å². The van der Waals surface area contributed by atoms with Crippen molar-refractivity contribution in [3.63, 3.8) is 0 Å². The number of amides is 1. The van der Waals surface area contributed by atoms with Gasteiger partial charge in [-0.05, 0) is 45.4 Å². The number of ether oxygens (including phenoxy) is 1. The number of carbonyl (C=O) groups excluding carboxylic acids is 1. The molecule has 8 atom stereocenters. The molecule has 37 heavy (non-hydrogen) atoms. The van der Waals surface area contributed by atoms with E-state index in [0.717, 1.165) is 12.0 Å². The van der Waals surface area contributed by atoms with E-state index < -0.39 is 59.2 Å². The first-order valence-corrected chi connectivity index (χ1v) is 14.6. The van der Waals surface area contributed by atoms with Crippen molar-refractivity contribution in [1.29, 1.82) is 0 Å². The van der Waals surface area contributed by atoms with E-state index in [9.17, 15) is 28.9 Å². The minimum Gasteiger partial charge on any atom is -0.388 e. The van der Waals surface area contributed by atoms with Crippen molar-refractivity contribution in [1.82, 2.24) is 16.0 Å². The third-order valence-corrected chi connectivity index (χ3v) is 8.52. The third-order valence-electron chi connectivity index (χ3n) is 7.39. The highest BCUT2D eigenvalue weighted by atomic mass is 35.5. The molecule has 2 unspecified atom stereocenters. The molecule has 0 bridgehead atoms. The van der Waals surface area contributed by atoms with E-state index in [4.69, 9.17) is 16.3 Å². The van der Waals surface area contributed by atoms with Crippen molar-refractivity contribution in [3.8, 4) is 0 Å². The Labute approximate surface area is 226 Å². The van der Waals surface area contributed by atoms with Gasteiger partial charge in [0.05, 0.1) is 24.0 Å². The number of alkyl halides is 3. The van der Waals surface area contributed by atoms with Crippen LogP contribution in [0, 0.1) is 5.92 Å². The second kappa shape index (κ2) is 14.0. The Balaban J connectivity index is 1.52. The maximum atomic E-state index is 14.0. The lowest BCUT2D eigenvalue weighted by atomic mass is 9.80. The first-order valence-electron chi connectivity index (χ1n) is 12.9. The van der Waals surface area contributed by atoms with Crippen molar-refractivity contribution in [2.24, 2.45) is 5.92 Å². The number of nitrogens with one attached hydrogen (secondary N) is 3. The molecule has 3 rings (SSSR count). The van der Waals surface area contributed by atoms with E-state index >= 15 is 0 Å². The fourth-order valence-corrected chi connectivity index (χ4v) is 5.68. The lowest BCUT2D eigenvalue weighted by Gasteiger charge is -2.44. The summed E-state index contributed by atoms with van der Waals surface area (Å²) in [6.45, 7) is 2.23. The molecule has 0 aromatic rings. The lowest BCUT2D eigenvalue weighted by molar-refractivity contribution is -0.205. The highest BCUT2D eigenvalue weighted by Crippen LogP contribution is 2.39. The Bertz CT molecular complexity index is 815. The monoisotopic (exact) mass is 567 g/mol. The maximum absolute atomic E-state index is 14.0. The van der Waals surface area contributed by atoms with Crippen LogP contribution in [0.15, 0.2) is 23.8 Å². The fraction of sp³-hybridized carbons (Fsp3) is 0.800. The van der Waals surface area contributed by atoms with Crippen LogP contribution in [0.2, 0.25) is 0 Å². The number of aliphatic hydroxyl groups is 3. The van der Waals surface area contributed by atoms with Crippen LogP contribution < -0.4 is 16.0 Å². The predicted molar refractivity (Wildman–Crippen MR) is 141 cm³/mol. The second-order valence-electron chi connectivity index (χ2n) is 10.1. The molecule has 0 radical (unpaired) electrons. The molecule has 0 spiro atoms. The predicted octanol–water partition coefficient (Wildman–Crippen LogP) is 1.53. The summed E-state index contributed by atoms with van der Waals surface area (Å²) in [5.41, 5.74) is 0.231. The Morgan fingerprint density at radius 2 is 2.05 bits per heavy atom. The number of aliphatic hydroxyl groups excluding tert-OH is 3. The number of thioether (sulfide) groups is 1. The van der Waals surface area contributed by atoms with Gasteiger partial charge in [0.25, 0.3) is 5.92 Å². The van der Waals surface area contributed by atoms with Crippen LogP contribution in [-0.2, 0) is 9.53 Å². The van der Waals surface area contributed by atoms with E-state index in [2.05, 4.69) is 16.0 Å². The summed E-state index contributed by atoms with van der Waals surface area (Å²) in [4.78, 5) is 13.1. The quantitative estimate of drug-likeness (QED) is 0.164. The van der Waals surface area contributed by atoms with Crippen LogP contribution in [0.3, 0.4) is 0 Å². The summed E-state index contributed by atoms with van der Waals surface area (Å²) >= 11 is 7.53. The molecule has 6 N–H and O–H groups in total. The van der Waals surface area contributed by atoms with Gasteiger partial charge in [-0.1, -0.05) is 30.2 Å². The Morgan fingerprint density at radius 1 is 1.32 bits per heavy atom. The smallest absolute Gasteiger partial charge is 0.263 e. The van der Waals surface area contributed by atoms with Gasteiger partial charge in [0.2, 0.25) is 5.91 Å². The van der Waals surface area contributed by atoms with Gasteiger partial charge in [0.1, 0.15) is 29.9 Å². The first-order chi connectivity index (χ1) is 17.5. The van der Waals surface area contributed by atoms with Crippen LogP contribution >= 0.6 is 23.4 Å². The molecular formula is C25H40ClF2N3O5S. The number of carbonyl (C=O) groups is 1. The summed E-state index contributed by atoms with van der Waals surface area (Å²) in [6, 6.07) is -1.35. The van der Waals surface area contributed by atoms with E-state index in [-0.39, 0.29) is 12.5 Å². The van der Waals surface area contributed by atoms with Crippen LogP contribution in [0.4, 0.5) is 8.78 Å². The summed E-state index contributed by atoms with van der Waals surface area (Å²) in [7, 11) is 0. The minimum atomic E-state index is -2.66. The molecule has 3 aliphatic rings. The number of allylic oxidation sites excluding steroid dienone is 1. The number of hydrogen-bond donors (Lipinski definition) is 6. The molecule has 1 saturated carbocycles. The van der Waals surface area contributed by atoms with E-state index in [1.807, 2.05) is 18.2 Å². The third kappa shape index (κ3) is 8.11. The zero-order valence-electron chi connectivity index (χ0n) is 21.3. The second-order valence-corrected chi connectivity index (χ2v) is 11.7. The first kappa shape index (κ1) is 30.7. The molecule has 2 aliphatic heterocycles. The Hall–Kier alpha value is -0.790. The van der Waals surface area contributed by atoms with Crippen LogP contribution in [0.25, 0.3) is 0 Å². The molecule has 1 saturated heterocycles. The van der Waals surface area contributed by atoms with E-state index in [1.54, 1.807) is 13.2 Å². The van der Waals surface area contributed by atoms with Gasteiger partial charge in [-0.15, -0.1) is 23.4 Å². The zero-order chi connectivity index (χ0) is 27.2. The number of halogens is 3. The maximum Gasteiger partial charge on any atom is 0.263 e. The molecule has 2 heterocycles. The summed E-state index contributed by atoms with van der Waals surface area (Å²) < 4.78 is 33.8. The SMILES string of the molecule is CS[C@H]1O[C@H](C(NC(=O)[C@@H]2CC=C(/C=C/CNCC(F)(F)C3CCC3)CCN2)C(C)Cl)[C@H](O)[C@H](O)[C@H]1O. The average Bonchev–Trinajstić information content (AvgIpc) is 3.05. The van der Waals surface area contributed by atoms with Gasteiger partial charge in [-0.3, -0.25) is 4.79 Å². The fourth-order valence-electron chi connectivity index (χ4n) is 4.79. The molecule has 2 fully saturated rings. The largest absolute Gasteiger partial charge is 0.388 e. The van der Waals surface area contributed by atoms with Gasteiger partial charge in [0, 0.05) is 12.5 Å². The van der Waals surface area contributed by atoms with Crippen LogP contribution in [0.1, 0.15) is 39.0 Å². The highest BCUT2D eigenvalue weighted by Gasteiger charge is 2.48.